The fraction of sp³-hybridized carbons (Fsp3) is 0.632. The number of piperazine rings is 1. The molecule has 10 nitrogen and oxygen atoms in total. The summed E-state index contributed by atoms with van der Waals surface area (Å²) in [7, 11) is -3.54. The van der Waals surface area contributed by atoms with E-state index in [2.05, 4.69) is 24.6 Å². The molecule has 1 amide bonds. The lowest BCUT2D eigenvalue weighted by atomic mass is 10.1. The number of carbonyl (C=O) groups excluding carboxylic acids is 1. The zero-order valence-electron chi connectivity index (χ0n) is 16.8. The number of fused-ring (bicyclic) bond motifs is 1. The van der Waals surface area contributed by atoms with Gasteiger partial charge in [0.15, 0.2) is 0 Å². The van der Waals surface area contributed by atoms with E-state index in [0.717, 1.165) is 62.0 Å². The number of likely N-dealkylation sites (tertiary alicyclic amines) is 1. The van der Waals surface area contributed by atoms with Gasteiger partial charge in [0, 0.05) is 45.5 Å². The Hall–Kier alpha value is -2.24. The first-order chi connectivity index (χ1) is 14.5. The van der Waals surface area contributed by atoms with Crippen molar-refractivity contribution in [2.75, 3.05) is 44.2 Å². The largest absolute Gasteiger partial charge is 0.353 e. The molecule has 1 atom stereocenters. The van der Waals surface area contributed by atoms with Crippen molar-refractivity contribution in [3.63, 3.8) is 0 Å². The zero-order chi connectivity index (χ0) is 20.8. The van der Waals surface area contributed by atoms with Gasteiger partial charge in [0.1, 0.15) is 17.8 Å². The maximum Gasteiger partial charge on any atom is 0.280 e. The molecule has 2 aliphatic heterocycles. The van der Waals surface area contributed by atoms with Crippen molar-refractivity contribution >= 4 is 33.5 Å². The first-order valence-electron chi connectivity index (χ1n) is 10.5. The van der Waals surface area contributed by atoms with Crippen molar-refractivity contribution in [3.8, 4) is 0 Å². The molecule has 3 fully saturated rings. The predicted octanol–water partition coefficient (Wildman–Crippen LogP) is 0.315. The van der Waals surface area contributed by atoms with E-state index in [0.29, 0.717) is 32.1 Å². The first-order valence-corrected chi connectivity index (χ1v) is 11.9. The maximum atomic E-state index is 13.0. The minimum absolute atomic E-state index is 0.348. The van der Waals surface area contributed by atoms with Crippen LogP contribution in [0, 0.1) is 5.92 Å². The molecule has 1 saturated carbocycles. The van der Waals surface area contributed by atoms with E-state index >= 15 is 0 Å². The molecule has 0 bridgehead atoms. The molecule has 2 aromatic rings. The van der Waals surface area contributed by atoms with Crippen LogP contribution in [0.5, 0.6) is 0 Å². The standard InChI is InChI=1S/C19H27N7O3S/c27-14-24-8-3-15(11-24)1-7-23-30(28,29)26-10-9-25(12-19(26)4-5-19)18-16-2-6-20-17(16)21-13-22-18/h2,6,13-15,23H,1,3-5,7-12H2,(H,20,21,22). The van der Waals surface area contributed by atoms with Gasteiger partial charge in [-0.25, -0.2) is 14.7 Å². The van der Waals surface area contributed by atoms with E-state index in [-0.39, 0.29) is 5.54 Å². The molecule has 3 aliphatic rings. The summed E-state index contributed by atoms with van der Waals surface area (Å²) in [5.41, 5.74) is 0.445. The number of aromatic amines is 1. The van der Waals surface area contributed by atoms with Gasteiger partial charge in [0.2, 0.25) is 6.41 Å². The third-order valence-corrected chi connectivity index (χ3v) is 8.36. The smallest absolute Gasteiger partial charge is 0.280 e. The van der Waals surface area contributed by atoms with Crippen LogP contribution < -0.4 is 9.62 Å². The summed E-state index contributed by atoms with van der Waals surface area (Å²) in [6, 6.07) is 1.96. The van der Waals surface area contributed by atoms with Gasteiger partial charge < -0.3 is 14.8 Å². The summed E-state index contributed by atoms with van der Waals surface area (Å²) in [4.78, 5) is 26.6. The second-order valence-corrected chi connectivity index (χ2v) is 10.3. The lowest BCUT2D eigenvalue weighted by Crippen LogP contribution is -2.59. The number of H-pyrrole nitrogens is 1. The van der Waals surface area contributed by atoms with E-state index in [1.54, 1.807) is 15.5 Å². The molecule has 0 aromatic carbocycles. The summed E-state index contributed by atoms with van der Waals surface area (Å²) in [5.74, 6) is 1.23. The highest BCUT2D eigenvalue weighted by Gasteiger charge is 2.56. The number of anilines is 1. The Labute approximate surface area is 175 Å². The van der Waals surface area contributed by atoms with Gasteiger partial charge in [-0.15, -0.1) is 0 Å². The van der Waals surface area contributed by atoms with Crippen molar-refractivity contribution in [1.29, 1.82) is 0 Å². The highest BCUT2D eigenvalue weighted by molar-refractivity contribution is 7.87. The topological polar surface area (TPSA) is 115 Å². The summed E-state index contributed by atoms with van der Waals surface area (Å²) < 4.78 is 30.6. The summed E-state index contributed by atoms with van der Waals surface area (Å²) in [6.07, 6.45) is 7.69. The number of carbonyl (C=O) groups is 1. The maximum absolute atomic E-state index is 13.0. The SMILES string of the molecule is O=CN1CCC(CCNS(=O)(=O)N2CCN(c3ncnc4[nH]ccc34)CC23CC3)C1. The molecule has 2 aromatic heterocycles. The highest BCUT2D eigenvalue weighted by Crippen LogP contribution is 2.46. The van der Waals surface area contributed by atoms with Crippen molar-refractivity contribution in [2.45, 2.75) is 31.2 Å². The molecule has 0 radical (unpaired) electrons. The molecule has 2 saturated heterocycles. The molecule has 1 aliphatic carbocycles. The normalized spacial score (nSPS) is 24.1. The molecule has 1 unspecified atom stereocenters. The first kappa shape index (κ1) is 19.7. The van der Waals surface area contributed by atoms with Crippen LogP contribution in [0.2, 0.25) is 0 Å². The van der Waals surface area contributed by atoms with Gasteiger partial charge in [-0.3, -0.25) is 4.79 Å². The van der Waals surface area contributed by atoms with E-state index in [4.69, 9.17) is 0 Å². The zero-order valence-corrected chi connectivity index (χ0v) is 17.6. The van der Waals surface area contributed by atoms with Gasteiger partial charge in [0.05, 0.1) is 10.9 Å². The number of amides is 1. The Morgan fingerprint density at radius 2 is 2.13 bits per heavy atom. The average Bonchev–Trinajstić information content (AvgIpc) is 3.15. The van der Waals surface area contributed by atoms with Crippen molar-refractivity contribution in [3.05, 3.63) is 18.6 Å². The lowest BCUT2D eigenvalue weighted by molar-refractivity contribution is -0.117. The van der Waals surface area contributed by atoms with Gasteiger partial charge >= 0.3 is 0 Å². The number of aromatic nitrogens is 3. The fourth-order valence-corrected chi connectivity index (χ4v) is 6.45. The predicted molar refractivity (Wildman–Crippen MR) is 112 cm³/mol. The summed E-state index contributed by atoms with van der Waals surface area (Å²) in [5, 5.41) is 0.962. The molecule has 1 spiro atoms. The molecule has 11 heteroatoms. The van der Waals surface area contributed by atoms with Gasteiger partial charge in [-0.1, -0.05) is 0 Å². The molecule has 5 rings (SSSR count). The Bertz CT molecular complexity index is 1040. The molecular formula is C19H27N7O3S. The van der Waals surface area contributed by atoms with Gasteiger partial charge in [-0.05, 0) is 37.7 Å². The quantitative estimate of drug-likeness (QED) is 0.608. The molecule has 30 heavy (non-hydrogen) atoms. The minimum atomic E-state index is -3.54. The number of nitrogens with zero attached hydrogens (tertiary/aromatic N) is 5. The van der Waals surface area contributed by atoms with Crippen LogP contribution in [0.15, 0.2) is 18.6 Å². The van der Waals surface area contributed by atoms with E-state index in [1.165, 1.54) is 0 Å². The lowest BCUT2D eigenvalue weighted by Gasteiger charge is -2.41. The molecule has 4 heterocycles. The van der Waals surface area contributed by atoms with Gasteiger partial charge in [0.25, 0.3) is 10.2 Å². The monoisotopic (exact) mass is 433 g/mol. The second kappa shape index (κ2) is 7.47. The van der Waals surface area contributed by atoms with Crippen LogP contribution in [0.3, 0.4) is 0 Å². The van der Waals surface area contributed by atoms with Crippen molar-refractivity contribution < 1.29 is 13.2 Å². The van der Waals surface area contributed by atoms with E-state index in [9.17, 15) is 13.2 Å². The molecule has 2 N–H and O–H groups in total. The highest BCUT2D eigenvalue weighted by atomic mass is 32.2. The number of rotatable bonds is 7. The number of nitrogens with one attached hydrogen (secondary N) is 2. The molecule has 162 valence electrons. The average molecular weight is 434 g/mol. The summed E-state index contributed by atoms with van der Waals surface area (Å²) in [6.45, 7) is 3.57. The Balaban J connectivity index is 1.23. The number of hydrogen-bond acceptors (Lipinski definition) is 6. The third-order valence-electron chi connectivity index (χ3n) is 6.64. The number of hydrogen-bond donors (Lipinski definition) is 2. The second-order valence-electron chi connectivity index (χ2n) is 8.60. The van der Waals surface area contributed by atoms with Crippen LogP contribution in [-0.4, -0.2) is 83.8 Å². The van der Waals surface area contributed by atoms with Crippen molar-refractivity contribution in [2.24, 2.45) is 5.92 Å². The van der Waals surface area contributed by atoms with Crippen molar-refractivity contribution in [1.82, 2.24) is 28.9 Å². The van der Waals surface area contributed by atoms with Crippen LogP contribution in [0.25, 0.3) is 11.0 Å². The molecular weight excluding hydrogens is 406 g/mol. The van der Waals surface area contributed by atoms with Crippen LogP contribution in [0.4, 0.5) is 5.82 Å². The van der Waals surface area contributed by atoms with Crippen LogP contribution in [0.1, 0.15) is 25.7 Å². The van der Waals surface area contributed by atoms with E-state index in [1.807, 2.05) is 12.3 Å². The van der Waals surface area contributed by atoms with Crippen LogP contribution in [-0.2, 0) is 15.0 Å². The Kier molecular flexibility index (Phi) is 4.91. The summed E-state index contributed by atoms with van der Waals surface area (Å²) >= 11 is 0. The minimum Gasteiger partial charge on any atom is -0.353 e. The Morgan fingerprint density at radius 1 is 1.27 bits per heavy atom. The fourth-order valence-electron chi connectivity index (χ4n) is 4.84. The van der Waals surface area contributed by atoms with Gasteiger partial charge in [-0.2, -0.15) is 12.7 Å². The third kappa shape index (κ3) is 3.54. The van der Waals surface area contributed by atoms with E-state index < -0.39 is 10.2 Å². The van der Waals surface area contributed by atoms with Crippen LogP contribution >= 0.6 is 0 Å². The Morgan fingerprint density at radius 3 is 2.90 bits per heavy atom.